The molecule has 2 rings (SSSR count). The first-order valence-electron chi connectivity index (χ1n) is 5.95. The van der Waals surface area contributed by atoms with Crippen LogP contribution in [0.3, 0.4) is 0 Å². The van der Waals surface area contributed by atoms with Crippen LogP contribution in [0.25, 0.3) is 0 Å². The monoisotopic (exact) mass is 361 g/mol. The summed E-state index contributed by atoms with van der Waals surface area (Å²) in [6.45, 7) is 0.255. The van der Waals surface area contributed by atoms with E-state index in [0.717, 1.165) is 0 Å². The average molecular weight is 363 g/mol. The number of aliphatic carboxylic acids is 1. The second-order valence-corrected chi connectivity index (χ2v) is 5.82. The zero-order valence-electron chi connectivity index (χ0n) is 10.7. The molecule has 20 heavy (non-hydrogen) atoms. The normalized spacial score (nSPS) is 22.1. The first-order valence-corrected chi connectivity index (χ1v) is 7.12. The molecule has 2 unspecified atom stereocenters. The molecule has 1 saturated heterocycles. The molecule has 1 fully saturated rings. The molecule has 108 valence electrons. The Labute approximate surface area is 129 Å². The highest BCUT2D eigenvalue weighted by Crippen LogP contribution is 2.27. The third kappa shape index (κ3) is 2.97. The third-order valence-corrected chi connectivity index (χ3v) is 4.23. The van der Waals surface area contributed by atoms with Crippen LogP contribution in [-0.2, 0) is 9.53 Å². The average Bonchev–Trinajstić information content (AvgIpc) is 2.85. The first kappa shape index (κ1) is 15.3. The second-order valence-electron chi connectivity index (χ2n) is 4.53. The Morgan fingerprint density at radius 1 is 1.50 bits per heavy atom. The highest BCUT2D eigenvalue weighted by molar-refractivity contribution is 9.10. The largest absolute Gasteiger partial charge is 0.480 e. The third-order valence-electron chi connectivity index (χ3n) is 3.30. The van der Waals surface area contributed by atoms with Crippen LogP contribution in [0, 0.1) is 0 Å². The topological polar surface area (TPSA) is 66.8 Å². The summed E-state index contributed by atoms with van der Waals surface area (Å²) in [5.74, 6) is -1.40. The molecule has 1 aromatic rings. The van der Waals surface area contributed by atoms with Crippen molar-refractivity contribution < 1.29 is 19.4 Å². The van der Waals surface area contributed by atoms with Gasteiger partial charge in [0.05, 0.1) is 11.7 Å². The molecule has 1 aliphatic rings. The summed E-state index contributed by atoms with van der Waals surface area (Å²) >= 11 is 9.17. The van der Waals surface area contributed by atoms with E-state index in [1.54, 1.807) is 12.1 Å². The van der Waals surface area contributed by atoms with Gasteiger partial charge in [0.2, 0.25) is 0 Å². The molecule has 5 nitrogen and oxygen atoms in total. The number of hydrogen-bond donors (Lipinski definition) is 1. The quantitative estimate of drug-likeness (QED) is 0.897. The second kappa shape index (κ2) is 6.11. The number of carboxylic acid groups (broad SMARTS) is 1. The number of ether oxygens (including phenoxy) is 1. The number of benzene rings is 1. The number of rotatable bonds is 3. The van der Waals surface area contributed by atoms with Gasteiger partial charge in [-0.1, -0.05) is 11.6 Å². The van der Waals surface area contributed by atoms with E-state index in [4.69, 9.17) is 16.3 Å². The number of methoxy groups -OCH3 is 1. The van der Waals surface area contributed by atoms with Crippen molar-refractivity contribution in [3.63, 3.8) is 0 Å². The van der Waals surface area contributed by atoms with Crippen LogP contribution < -0.4 is 0 Å². The van der Waals surface area contributed by atoms with Crippen LogP contribution in [0.4, 0.5) is 0 Å². The molecule has 2 atom stereocenters. The molecule has 1 amide bonds. The standard InChI is InChI=1S/C13H13BrClNO4/c1-20-8-5-11(13(18)19)16(6-8)12(17)9-4-7(15)2-3-10(9)14/h2-4,8,11H,5-6H2,1H3,(H,18,19). The Kier molecular flexibility index (Phi) is 4.67. The number of nitrogens with zero attached hydrogens (tertiary/aromatic N) is 1. The molecular formula is C13H13BrClNO4. The van der Waals surface area contributed by atoms with E-state index in [1.165, 1.54) is 18.1 Å². The van der Waals surface area contributed by atoms with Crippen LogP contribution >= 0.6 is 27.5 Å². The van der Waals surface area contributed by atoms with Gasteiger partial charge in [0, 0.05) is 29.6 Å². The van der Waals surface area contributed by atoms with Gasteiger partial charge in [0.25, 0.3) is 5.91 Å². The van der Waals surface area contributed by atoms with Crippen molar-refractivity contribution in [3.05, 3.63) is 33.3 Å². The van der Waals surface area contributed by atoms with E-state index in [9.17, 15) is 14.7 Å². The van der Waals surface area contributed by atoms with Gasteiger partial charge < -0.3 is 14.7 Å². The van der Waals surface area contributed by atoms with Gasteiger partial charge in [-0.15, -0.1) is 0 Å². The molecule has 7 heteroatoms. The van der Waals surface area contributed by atoms with Gasteiger partial charge >= 0.3 is 5.97 Å². The molecule has 1 aromatic carbocycles. The lowest BCUT2D eigenvalue weighted by Gasteiger charge is -2.22. The number of carbonyl (C=O) groups excluding carboxylic acids is 1. The lowest BCUT2D eigenvalue weighted by Crippen LogP contribution is -2.40. The zero-order chi connectivity index (χ0) is 14.9. The Hall–Kier alpha value is -1.11. The summed E-state index contributed by atoms with van der Waals surface area (Å²) < 4.78 is 5.75. The van der Waals surface area contributed by atoms with Crippen molar-refractivity contribution in [2.75, 3.05) is 13.7 Å². The van der Waals surface area contributed by atoms with Crippen LogP contribution in [0.2, 0.25) is 5.02 Å². The summed E-state index contributed by atoms with van der Waals surface area (Å²) in [4.78, 5) is 25.1. The lowest BCUT2D eigenvalue weighted by atomic mass is 10.1. The van der Waals surface area contributed by atoms with Crippen molar-refractivity contribution >= 4 is 39.4 Å². The zero-order valence-corrected chi connectivity index (χ0v) is 13.0. The first-order chi connectivity index (χ1) is 9.43. The van der Waals surface area contributed by atoms with Gasteiger partial charge in [-0.2, -0.15) is 0 Å². The van der Waals surface area contributed by atoms with Gasteiger partial charge in [0.1, 0.15) is 6.04 Å². The van der Waals surface area contributed by atoms with Crippen LogP contribution in [0.1, 0.15) is 16.8 Å². The van der Waals surface area contributed by atoms with Crippen LogP contribution in [0.15, 0.2) is 22.7 Å². The summed E-state index contributed by atoms with van der Waals surface area (Å²) in [6.07, 6.45) is 0.0217. The number of carbonyl (C=O) groups is 2. The molecule has 1 heterocycles. The van der Waals surface area contributed by atoms with Crippen molar-refractivity contribution in [2.45, 2.75) is 18.6 Å². The Balaban J connectivity index is 2.31. The maximum absolute atomic E-state index is 12.5. The molecular weight excluding hydrogens is 350 g/mol. The summed E-state index contributed by atoms with van der Waals surface area (Å²) in [6, 6.07) is 3.96. The van der Waals surface area contributed by atoms with Gasteiger partial charge in [-0.25, -0.2) is 4.79 Å². The van der Waals surface area contributed by atoms with E-state index in [2.05, 4.69) is 15.9 Å². The van der Waals surface area contributed by atoms with Crippen LogP contribution in [-0.4, -0.2) is 47.7 Å². The van der Waals surface area contributed by atoms with Crippen molar-refractivity contribution in [2.24, 2.45) is 0 Å². The number of amides is 1. The highest BCUT2D eigenvalue weighted by Gasteiger charge is 2.40. The lowest BCUT2D eigenvalue weighted by molar-refractivity contribution is -0.141. The number of halogens is 2. The summed E-state index contributed by atoms with van der Waals surface area (Å²) in [5.41, 5.74) is 0.348. The van der Waals surface area contributed by atoms with Gasteiger partial charge in [-0.3, -0.25) is 4.79 Å². The highest BCUT2D eigenvalue weighted by atomic mass is 79.9. The molecule has 0 spiro atoms. The maximum atomic E-state index is 12.5. The SMILES string of the molecule is COC1CC(C(=O)O)N(C(=O)c2cc(Cl)ccc2Br)C1. The smallest absolute Gasteiger partial charge is 0.326 e. The van der Waals surface area contributed by atoms with Gasteiger partial charge in [0.15, 0.2) is 0 Å². The van der Waals surface area contributed by atoms with E-state index in [0.29, 0.717) is 15.1 Å². The number of likely N-dealkylation sites (tertiary alicyclic amines) is 1. The molecule has 0 saturated carbocycles. The Morgan fingerprint density at radius 3 is 2.80 bits per heavy atom. The fraction of sp³-hybridized carbons (Fsp3) is 0.385. The molecule has 0 aliphatic carbocycles. The maximum Gasteiger partial charge on any atom is 0.326 e. The van der Waals surface area contributed by atoms with Crippen molar-refractivity contribution in [3.8, 4) is 0 Å². The number of carboxylic acids is 1. The van der Waals surface area contributed by atoms with Crippen molar-refractivity contribution in [1.82, 2.24) is 4.90 Å². The Morgan fingerprint density at radius 2 is 2.20 bits per heavy atom. The Bertz CT molecular complexity index is 551. The predicted octanol–water partition coefficient (Wildman–Crippen LogP) is 2.42. The molecule has 0 radical (unpaired) electrons. The fourth-order valence-corrected chi connectivity index (χ4v) is 2.83. The summed E-state index contributed by atoms with van der Waals surface area (Å²) in [5, 5.41) is 9.65. The minimum absolute atomic E-state index is 0.255. The van der Waals surface area contributed by atoms with Crippen LogP contribution in [0.5, 0.6) is 0 Å². The van der Waals surface area contributed by atoms with Crippen molar-refractivity contribution in [1.29, 1.82) is 0 Å². The summed E-state index contributed by atoms with van der Waals surface area (Å²) in [7, 11) is 1.51. The van der Waals surface area contributed by atoms with E-state index in [-0.39, 0.29) is 25.0 Å². The molecule has 1 N–H and O–H groups in total. The van der Waals surface area contributed by atoms with E-state index in [1.807, 2.05) is 0 Å². The number of hydrogen-bond acceptors (Lipinski definition) is 3. The predicted molar refractivity (Wildman–Crippen MR) is 77.0 cm³/mol. The molecule has 1 aliphatic heterocycles. The minimum Gasteiger partial charge on any atom is -0.480 e. The fourth-order valence-electron chi connectivity index (χ4n) is 2.24. The minimum atomic E-state index is -1.03. The van der Waals surface area contributed by atoms with E-state index >= 15 is 0 Å². The molecule has 0 bridgehead atoms. The van der Waals surface area contributed by atoms with Gasteiger partial charge in [-0.05, 0) is 34.1 Å². The molecule has 0 aromatic heterocycles. The van der Waals surface area contributed by atoms with E-state index < -0.39 is 12.0 Å².